The number of hydrogen-bond donors (Lipinski definition) is 2. The molecule has 0 atom stereocenters. The monoisotopic (exact) mass is 413 g/mol. The van der Waals surface area contributed by atoms with Crippen molar-refractivity contribution in [3.05, 3.63) is 48.5 Å². The van der Waals surface area contributed by atoms with E-state index in [9.17, 15) is 14.4 Å². The number of hydrogen-bond acceptors (Lipinski definition) is 5. The largest absolute Gasteiger partial charge is 0.450 e. The summed E-state index contributed by atoms with van der Waals surface area (Å²) in [5.41, 5.74) is 1.06. The molecule has 0 bridgehead atoms. The molecule has 0 saturated carbocycles. The van der Waals surface area contributed by atoms with E-state index in [-0.39, 0.29) is 23.9 Å². The van der Waals surface area contributed by atoms with Crippen LogP contribution in [0.2, 0.25) is 0 Å². The summed E-state index contributed by atoms with van der Waals surface area (Å²) in [6.07, 6.45) is 6.49. The molecule has 2 N–H and O–H groups in total. The van der Waals surface area contributed by atoms with Crippen molar-refractivity contribution in [3.63, 3.8) is 0 Å². The van der Waals surface area contributed by atoms with Gasteiger partial charge >= 0.3 is 6.09 Å². The first-order valence-electron chi connectivity index (χ1n) is 10.1. The summed E-state index contributed by atoms with van der Waals surface area (Å²) in [5, 5.41) is 5.83. The van der Waals surface area contributed by atoms with Crippen molar-refractivity contribution in [1.29, 1.82) is 0 Å². The smallest absolute Gasteiger partial charge is 0.409 e. The molecule has 3 amide bonds. The van der Waals surface area contributed by atoms with E-state index < -0.39 is 0 Å². The molecule has 160 valence electrons. The van der Waals surface area contributed by atoms with Gasteiger partial charge in [-0.1, -0.05) is 6.07 Å². The highest BCUT2D eigenvalue weighted by Crippen LogP contribution is 2.15. The van der Waals surface area contributed by atoms with E-state index in [4.69, 9.17) is 4.74 Å². The van der Waals surface area contributed by atoms with Crippen LogP contribution in [0.25, 0.3) is 0 Å². The maximum atomic E-state index is 12.6. The van der Waals surface area contributed by atoms with Crippen molar-refractivity contribution in [1.82, 2.24) is 19.8 Å². The van der Waals surface area contributed by atoms with E-state index in [1.807, 2.05) is 4.57 Å². The lowest BCUT2D eigenvalue weighted by Gasteiger charge is -2.31. The number of nitrogens with one attached hydrogen (secondary N) is 2. The summed E-state index contributed by atoms with van der Waals surface area (Å²) in [4.78, 5) is 42.1. The van der Waals surface area contributed by atoms with E-state index in [0.717, 1.165) is 0 Å². The second-order valence-electron chi connectivity index (χ2n) is 7.11. The molecule has 0 radical (unpaired) electrons. The highest BCUT2D eigenvalue weighted by molar-refractivity contribution is 5.97. The Morgan fingerprint density at radius 3 is 2.73 bits per heavy atom. The second-order valence-corrected chi connectivity index (χ2v) is 7.11. The number of carbonyl (C=O) groups is 3. The van der Waals surface area contributed by atoms with Gasteiger partial charge in [0.2, 0.25) is 5.91 Å². The Bertz CT molecular complexity index is 860. The zero-order valence-corrected chi connectivity index (χ0v) is 17.0. The SMILES string of the molecule is CCOC(=O)N1CCC(NC(=O)c2cccc(NC(=O)CCn3ccnc3)c2)CC1. The van der Waals surface area contributed by atoms with Gasteiger partial charge in [0.15, 0.2) is 0 Å². The maximum Gasteiger partial charge on any atom is 0.409 e. The molecule has 9 nitrogen and oxygen atoms in total. The Balaban J connectivity index is 1.47. The van der Waals surface area contributed by atoms with Gasteiger partial charge in [-0.05, 0) is 38.0 Å². The summed E-state index contributed by atoms with van der Waals surface area (Å²) in [5.74, 6) is -0.327. The van der Waals surface area contributed by atoms with E-state index >= 15 is 0 Å². The number of piperidine rings is 1. The second kappa shape index (κ2) is 10.4. The van der Waals surface area contributed by atoms with Crippen molar-refractivity contribution < 1.29 is 19.1 Å². The maximum absolute atomic E-state index is 12.6. The van der Waals surface area contributed by atoms with E-state index in [1.54, 1.807) is 54.8 Å². The summed E-state index contributed by atoms with van der Waals surface area (Å²) in [6.45, 7) is 3.77. The van der Waals surface area contributed by atoms with Crippen LogP contribution in [0.3, 0.4) is 0 Å². The lowest BCUT2D eigenvalue weighted by Crippen LogP contribution is -2.46. The van der Waals surface area contributed by atoms with Crippen molar-refractivity contribution >= 4 is 23.6 Å². The Morgan fingerprint density at radius 2 is 2.03 bits per heavy atom. The number of aromatic nitrogens is 2. The first-order valence-corrected chi connectivity index (χ1v) is 10.1. The molecule has 1 aromatic heterocycles. The van der Waals surface area contributed by atoms with Gasteiger partial charge in [-0.2, -0.15) is 0 Å². The van der Waals surface area contributed by atoms with E-state index in [1.165, 1.54) is 0 Å². The zero-order chi connectivity index (χ0) is 21.3. The Labute approximate surface area is 175 Å². The van der Waals surface area contributed by atoms with Gasteiger partial charge in [-0.3, -0.25) is 9.59 Å². The fourth-order valence-electron chi connectivity index (χ4n) is 3.30. The number of likely N-dealkylation sites (tertiary alicyclic amines) is 1. The number of nitrogens with zero attached hydrogens (tertiary/aromatic N) is 3. The molecule has 0 unspecified atom stereocenters. The molecule has 3 rings (SSSR count). The van der Waals surface area contributed by atoms with Gasteiger partial charge in [-0.25, -0.2) is 9.78 Å². The first-order chi connectivity index (χ1) is 14.5. The molecular weight excluding hydrogens is 386 g/mol. The average Bonchev–Trinajstić information content (AvgIpc) is 3.27. The molecule has 2 aromatic rings. The summed E-state index contributed by atoms with van der Waals surface area (Å²) in [6, 6.07) is 6.87. The Hall–Kier alpha value is -3.36. The van der Waals surface area contributed by atoms with Crippen LogP contribution in [0.1, 0.15) is 36.5 Å². The summed E-state index contributed by atoms with van der Waals surface area (Å²) in [7, 11) is 0. The third kappa shape index (κ3) is 6.07. The lowest BCUT2D eigenvalue weighted by molar-refractivity contribution is -0.116. The van der Waals surface area contributed by atoms with Gasteiger partial charge in [0.25, 0.3) is 5.91 Å². The number of imidazole rings is 1. The van der Waals surface area contributed by atoms with Crippen molar-refractivity contribution in [2.75, 3.05) is 25.0 Å². The third-order valence-electron chi connectivity index (χ3n) is 4.92. The number of carbonyl (C=O) groups excluding carboxylic acids is 3. The number of benzene rings is 1. The minimum absolute atomic E-state index is 0.00314. The molecule has 30 heavy (non-hydrogen) atoms. The fourth-order valence-corrected chi connectivity index (χ4v) is 3.30. The predicted octanol–water partition coefficient (Wildman–Crippen LogP) is 2.26. The van der Waals surface area contributed by atoms with E-state index in [0.29, 0.717) is 56.8 Å². The van der Waals surface area contributed by atoms with E-state index in [2.05, 4.69) is 15.6 Å². The van der Waals surface area contributed by atoms with Crippen LogP contribution in [-0.2, 0) is 16.1 Å². The molecule has 1 aliphatic heterocycles. The minimum atomic E-state index is -0.307. The van der Waals surface area contributed by atoms with Crippen LogP contribution in [0.4, 0.5) is 10.5 Å². The molecule has 1 aromatic carbocycles. The molecule has 9 heteroatoms. The Kier molecular flexibility index (Phi) is 7.42. The van der Waals surface area contributed by atoms with Crippen LogP contribution < -0.4 is 10.6 Å². The zero-order valence-electron chi connectivity index (χ0n) is 17.0. The quantitative estimate of drug-likeness (QED) is 0.724. The van der Waals surface area contributed by atoms with Crippen LogP contribution in [0.15, 0.2) is 43.0 Å². The molecule has 1 aliphatic rings. The van der Waals surface area contributed by atoms with Gasteiger partial charge in [0, 0.05) is 55.7 Å². The van der Waals surface area contributed by atoms with Crippen molar-refractivity contribution in [2.24, 2.45) is 0 Å². The highest BCUT2D eigenvalue weighted by atomic mass is 16.6. The lowest BCUT2D eigenvalue weighted by atomic mass is 10.0. The van der Waals surface area contributed by atoms with Crippen LogP contribution in [-0.4, -0.2) is 58.1 Å². The van der Waals surface area contributed by atoms with Crippen LogP contribution in [0, 0.1) is 0 Å². The van der Waals surface area contributed by atoms with Crippen LogP contribution >= 0.6 is 0 Å². The standard InChI is InChI=1S/C21H27N5O4/c1-2-30-21(29)26-11-6-17(7-12-26)24-20(28)16-4-3-5-18(14-16)23-19(27)8-10-25-13-9-22-15-25/h3-5,9,13-15,17H,2,6-8,10-12H2,1H3,(H,23,27)(H,24,28). The molecule has 1 saturated heterocycles. The predicted molar refractivity (Wildman–Crippen MR) is 111 cm³/mol. The third-order valence-corrected chi connectivity index (χ3v) is 4.92. The van der Waals surface area contributed by atoms with Gasteiger partial charge in [0.1, 0.15) is 0 Å². The molecule has 1 fully saturated rings. The Morgan fingerprint density at radius 1 is 1.23 bits per heavy atom. The van der Waals surface area contributed by atoms with Gasteiger partial charge in [0.05, 0.1) is 12.9 Å². The number of rotatable bonds is 7. The van der Waals surface area contributed by atoms with Gasteiger partial charge in [-0.15, -0.1) is 0 Å². The molecule has 0 aliphatic carbocycles. The fraction of sp³-hybridized carbons (Fsp3) is 0.429. The van der Waals surface area contributed by atoms with Crippen molar-refractivity contribution in [2.45, 2.75) is 38.8 Å². The molecular formula is C21H27N5O4. The normalized spacial score (nSPS) is 14.2. The highest BCUT2D eigenvalue weighted by Gasteiger charge is 2.24. The van der Waals surface area contributed by atoms with Crippen LogP contribution in [0.5, 0.6) is 0 Å². The number of anilines is 1. The summed E-state index contributed by atoms with van der Waals surface area (Å²) < 4.78 is 6.84. The molecule has 0 spiro atoms. The van der Waals surface area contributed by atoms with Crippen molar-refractivity contribution in [3.8, 4) is 0 Å². The van der Waals surface area contributed by atoms with Gasteiger partial charge < -0.3 is 24.8 Å². The first kappa shape index (κ1) is 21.4. The average molecular weight is 413 g/mol. The summed E-state index contributed by atoms with van der Waals surface area (Å²) >= 11 is 0. The number of aryl methyl sites for hydroxylation is 1. The number of ether oxygens (including phenoxy) is 1. The topological polar surface area (TPSA) is 106 Å². The number of amides is 3. The molecule has 2 heterocycles. The minimum Gasteiger partial charge on any atom is -0.450 e.